The average molecular weight is 302 g/mol. The van der Waals surface area contributed by atoms with Gasteiger partial charge < -0.3 is 20.1 Å². The van der Waals surface area contributed by atoms with Crippen LogP contribution in [-0.4, -0.2) is 34.6 Å². The molecule has 2 aromatic carbocycles. The summed E-state index contributed by atoms with van der Waals surface area (Å²) in [7, 11) is 1.35. The first-order valence-corrected chi connectivity index (χ1v) is 6.23. The summed E-state index contributed by atoms with van der Waals surface area (Å²) in [6.07, 6.45) is 1.28. The standard InChI is InChI=1S/C15H14N2O5/c1-22-13-6-9(5-12(19)14(13)20)8-16-17-15(21)10-3-2-4-11(18)7-10/h2-8,18-20H,1H3,(H,17,21)/b16-8+. The van der Waals surface area contributed by atoms with Gasteiger partial charge in [-0.15, -0.1) is 0 Å². The Morgan fingerprint density at radius 2 is 2.00 bits per heavy atom. The second kappa shape index (κ2) is 6.49. The number of carbonyl (C=O) groups excluding carboxylic acids is 1. The zero-order valence-corrected chi connectivity index (χ0v) is 11.6. The molecule has 0 atom stereocenters. The van der Waals surface area contributed by atoms with Gasteiger partial charge in [0.05, 0.1) is 13.3 Å². The molecular formula is C15H14N2O5. The smallest absolute Gasteiger partial charge is 0.271 e. The number of ether oxygens (including phenoxy) is 1. The average Bonchev–Trinajstić information content (AvgIpc) is 2.50. The van der Waals surface area contributed by atoms with Gasteiger partial charge in [0.2, 0.25) is 5.75 Å². The van der Waals surface area contributed by atoms with Crippen LogP contribution in [0.4, 0.5) is 0 Å². The lowest BCUT2D eigenvalue weighted by atomic mass is 10.2. The molecule has 2 aromatic rings. The van der Waals surface area contributed by atoms with Crippen LogP contribution in [-0.2, 0) is 0 Å². The molecule has 0 saturated heterocycles. The number of benzene rings is 2. The van der Waals surface area contributed by atoms with Crippen molar-refractivity contribution in [2.75, 3.05) is 7.11 Å². The molecule has 22 heavy (non-hydrogen) atoms. The fourth-order valence-electron chi connectivity index (χ4n) is 1.72. The number of hydrogen-bond donors (Lipinski definition) is 4. The number of phenols is 3. The SMILES string of the molecule is COc1cc(/C=N/NC(=O)c2cccc(O)c2)cc(O)c1O. The van der Waals surface area contributed by atoms with E-state index < -0.39 is 5.91 Å². The maximum atomic E-state index is 11.8. The summed E-state index contributed by atoms with van der Waals surface area (Å²) < 4.78 is 4.89. The highest BCUT2D eigenvalue weighted by molar-refractivity contribution is 5.95. The first-order chi connectivity index (χ1) is 10.5. The summed E-state index contributed by atoms with van der Waals surface area (Å²) in [6.45, 7) is 0. The lowest BCUT2D eigenvalue weighted by molar-refractivity contribution is 0.0954. The van der Waals surface area contributed by atoms with Gasteiger partial charge in [0.25, 0.3) is 5.91 Å². The molecule has 0 aromatic heterocycles. The van der Waals surface area contributed by atoms with Gasteiger partial charge in [-0.05, 0) is 30.3 Å². The van der Waals surface area contributed by atoms with Crippen molar-refractivity contribution in [3.05, 3.63) is 47.5 Å². The monoisotopic (exact) mass is 302 g/mol. The van der Waals surface area contributed by atoms with Gasteiger partial charge in [0, 0.05) is 11.1 Å². The van der Waals surface area contributed by atoms with Gasteiger partial charge in [-0.3, -0.25) is 4.79 Å². The van der Waals surface area contributed by atoms with Crippen LogP contribution in [0.5, 0.6) is 23.0 Å². The lowest BCUT2D eigenvalue weighted by Crippen LogP contribution is -2.17. The van der Waals surface area contributed by atoms with Crippen molar-refractivity contribution < 1.29 is 24.9 Å². The molecule has 7 nitrogen and oxygen atoms in total. The minimum absolute atomic E-state index is 0.0233. The molecule has 0 bridgehead atoms. The van der Waals surface area contributed by atoms with Gasteiger partial charge in [-0.2, -0.15) is 5.10 Å². The largest absolute Gasteiger partial charge is 0.508 e. The van der Waals surface area contributed by atoms with Crippen molar-refractivity contribution in [3.8, 4) is 23.0 Å². The quantitative estimate of drug-likeness (QED) is 0.389. The molecule has 1 amide bonds. The minimum Gasteiger partial charge on any atom is -0.508 e. The zero-order valence-electron chi connectivity index (χ0n) is 11.6. The Kier molecular flexibility index (Phi) is 4.47. The van der Waals surface area contributed by atoms with Crippen molar-refractivity contribution in [1.29, 1.82) is 0 Å². The van der Waals surface area contributed by atoms with E-state index in [1.165, 1.54) is 49.7 Å². The molecule has 0 aliphatic heterocycles. The fraction of sp³-hybridized carbons (Fsp3) is 0.0667. The van der Waals surface area contributed by atoms with Crippen molar-refractivity contribution >= 4 is 12.1 Å². The first kappa shape index (κ1) is 15.2. The van der Waals surface area contributed by atoms with E-state index in [-0.39, 0.29) is 28.6 Å². The van der Waals surface area contributed by atoms with Crippen molar-refractivity contribution in [3.63, 3.8) is 0 Å². The van der Waals surface area contributed by atoms with E-state index in [4.69, 9.17) is 4.74 Å². The number of amides is 1. The summed E-state index contributed by atoms with van der Waals surface area (Å²) >= 11 is 0. The number of nitrogens with zero attached hydrogens (tertiary/aromatic N) is 1. The molecule has 7 heteroatoms. The van der Waals surface area contributed by atoms with E-state index in [0.717, 1.165) is 0 Å². The van der Waals surface area contributed by atoms with Crippen LogP contribution in [0.15, 0.2) is 41.5 Å². The predicted molar refractivity (Wildman–Crippen MR) is 79.5 cm³/mol. The highest BCUT2D eigenvalue weighted by Crippen LogP contribution is 2.35. The van der Waals surface area contributed by atoms with E-state index in [2.05, 4.69) is 10.5 Å². The third kappa shape index (κ3) is 3.45. The minimum atomic E-state index is -0.498. The highest BCUT2D eigenvalue weighted by Gasteiger charge is 2.09. The lowest BCUT2D eigenvalue weighted by Gasteiger charge is -2.06. The van der Waals surface area contributed by atoms with Gasteiger partial charge in [0.15, 0.2) is 11.5 Å². The summed E-state index contributed by atoms with van der Waals surface area (Å²) in [5.41, 5.74) is 2.95. The number of hydrogen-bond acceptors (Lipinski definition) is 6. The molecule has 0 aliphatic carbocycles. The molecule has 114 valence electrons. The van der Waals surface area contributed by atoms with Crippen LogP contribution in [0, 0.1) is 0 Å². The maximum absolute atomic E-state index is 11.8. The Labute approximate surface area is 126 Å². The van der Waals surface area contributed by atoms with Crippen LogP contribution in [0.2, 0.25) is 0 Å². The maximum Gasteiger partial charge on any atom is 0.271 e. The van der Waals surface area contributed by atoms with Gasteiger partial charge in [-0.25, -0.2) is 5.43 Å². The molecule has 0 saturated carbocycles. The van der Waals surface area contributed by atoms with E-state index in [9.17, 15) is 20.1 Å². The number of nitrogens with one attached hydrogen (secondary N) is 1. The Morgan fingerprint density at radius 3 is 2.68 bits per heavy atom. The summed E-state index contributed by atoms with van der Waals surface area (Å²) in [6, 6.07) is 8.53. The van der Waals surface area contributed by atoms with E-state index >= 15 is 0 Å². The fourth-order valence-corrected chi connectivity index (χ4v) is 1.72. The number of carbonyl (C=O) groups is 1. The first-order valence-electron chi connectivity index (χ1n) is 6.23. The Hall–Kier alpha value is -3.22. The summed E-state index contributed by atoms with van der Waals surface area (Å²) in [4.78, 5) is 11.8. The second-order valence-corrected chi connectivity index (χ2v) is 4.34. The van der Waals surface area contributed by atoms with Gasteiger partial charge in [-0.1, -0.05) is 6.07 Å². The molecule has 0 aliphatic rings. The molecule has 0 spiro atoms. The Morgan fingerprint density at radius 1 is 1.23 bits per heavy atom. The number of phenolic OH excluding ortho intramolecular Hbond substituents is 3. The predicted octanol–water partition coefficient (Wildman–Crippen LogP) is 1.58. The highest BCUT2D eigenvalue weighted by atomic mass is 16.5. The van der Waals surface area contributed by atoms with Crippen LogP contribution in [0.25, 0.3) is 0 Å². The van der Waals surface area contributed by atoms with E-state index in [1.807, 2.05) is 0 Å². The van der Waals surface area contributed by atoms with Crippen LogP contribution < -0.4 is 10.2 Å². The molecule has 0 unspecified atom stereocenters. The number of hydrazone groups is 1. The van der Waals surface area contributed by atoms with E-state index in [0.29, 0.717) is 5.56 Å². The molecule has 4 N–H and O–H groups in total. The summed E-state index contributed by atoms with van der Waals surface area (Å²) in [5.74, 6) is -1.17. The Balaban J connectivity index is 2.10. The molecule has 0 fully saturated rings. The topological polar surface area (TPSA) is 111 Å². The number of rotatable bonds is 4. The zero-order chi connectivity index (χ0) is 16.1. The number of aromatic hydroxyl groups is 3. The van der Waals surface area contributed by atoms with Crippen molar-refractivity contribution in [2.24, 2.45) is 5.10 Å². The van der Waals surface area contributed by atoms with Crippen LogP contribution in [0.1, 0.15) is 15.9 Å². The van der Waals surface area contributed by atoms with Crippen molar-refractivity contribution in [2.45, 2.75) is 0 Å². The second-order valence-electron chi connectivity index (χ2n) is 4.34. The third-order valence-corrected chi connectivity index (χ3v) is 2.79. The molecule has 2 rings (SSSR count). The number of methoxy groups -OCH3 is 1. The van der Waals surface area contributed by atoms with Gasteiger partial charge in [0.1, 0.15) is 5.75 Å². The van der Waals surface area contributed by atoms with Crippen LogP contribution >= 0.6 is 0 Å². The van der Waals surface area contributed by atoms with Crippen LogP contribution in [0.3, 0.4) is 0 Å². The molecule has 0 radical (unpaired) electrons. The molecular weight excluding hydrogens is 288 g/mol. The Bertz CT molecular complexity index is 728. The molecule has 0 heterocycles. The van der Waals surface area contributed by atoms with E-state index in [1.54, 1.807) is 0 Å². The third-order valence-electron chi connectivity index (χ3n) is 2.79. The van der Waals surface area contributed by atoms with Gasteiger partial charge >= 0.3 is 0 Å². The summed E-state index contributed by atoms with van der Waals surface area (Å²) in [5, 5.41) is 32.1. The normalized spacial score (nSPS) is 10.6. The van der Waals surface area contributed by atoms with Crippen molar-refractivity contribution in [1.82, 2.24) is 5.43 Å².